The number of fused-ring (bicyclic) bond motifs is 12. The Kier molecular flexibility index (Phi) is 6.85. The van der Waals surface area contributed by atoms with E-state index < -0.39 is 0 Å². The largest absolute Gasteiger partial charge is 0.456 e. The number of rotatable bonds is 2. The van der Waals surface area contributed by atoms with Gasteiger partial charge in [-0.1, -0.05) is 96.1 Å². The number of thiophene rings is 1. The van der Waals surface area contributed by atoms with Crippen molar-refractivity contribution in [1.82, 2.24) is 9.13 Å². The monoisotopic (exact) mass is 710 g/mol. The molecule has 0 saturated heterocycles. The second-order valence-corrected chi connectivity index (χ2v) is 15.4. The van der Waals surface area contributed by atoms with Crippen molar-refractivity contribution in [2.45, 2.75) is 13.8 Å². The summed E-state index contributed by atoms with van der Waals surface area (Å²) in [7, 11) is 0. The Morgan fingerprint density at radius 1 is 0.352 bits per heavy atom. The Hall–Kier alpha value is -6.62. The van der Waals surface area contributed by atoms with Crippen molar-refractivity contribution in [3.63, 3.8) is 0 Å². The predicted octanol–water partition coefficient (Wildman–Crippen LogP) is 14.5. The summed E-state index contributed by atoms with van der Waals surface area (Å²) in [6, 6.07) is 61.0. The molecule has 0 aliphatic heterocycles. The van der Waals surface area contributed by atoms with E-state index in [0.717, 1.165) is 27.6 Å². The summed E-state index contributed by atoms with van der Waals surface area (Å²) in [6.45, 7) is 4.31. The van der Waals surface area contributed by atoms with E-state index in [1.165, 1.54) is 80.6 Å². The van der Waals surface area contributed by atoms with Gasteiger partial charge in [-0.2, -0.15) is 0 Å². The molecule has 0 saturated carbocycles. The fourth-order valence-corrected chi connectivity index (χ4v) is 9.52. The van der Waals surface area contributed by atoms with Crippen molar-refractivity contribution in [3.05, 3.63) is 181 Å². The highest BCUT2D eigenvalue weighted by molar-refractivity contribution is 7.25. The van der Waals surface area contributed by atoms with Gasteiger partial charge in [0.25, 0.3) is 0 Å². The fourth-order valence-electron chi connectivity index (χ4n) is 8.44. The third-order valence-electron chi connectivity index (χ3n) is 10.9. The Morgan fingerprint density at radius 3 is 1.50 bits per heavy atom. The number of furan rings is 1. The molecule has 0 bridgehead atoms. The van der Waals surface area contributed by atoms with Crippen molar-refractivity contribution < 1.29 is 4.42 Å². The molecule has 0 N–H and O–H groups in total. The van der Waals surface area contributed by atoms with Gasteiger partial charge in [0.1, 0.15) is 11.2 Å². The highest BCUT2D eigenvalue weighted by Crippen LogP contribution is 2.39. The van der Waals surface area contributed by atoms with Crippen LogP contribution in [0.3, 0.4) is 0 Å². The smallest absolute Gasteiger partial charge is 0.135 e. The summed E-state index contributed by atoms with van der Waals surface area (Å²) in [4.78, 5) is 0. The van der Waals surface area contributed by atoms with Crippen molar-refractivity contribution in [2.75, 3.05) is 0 Å². The summed E-state index contributed by atoms with van der Waals surface area (Å²) >= 11 is 1.87. The number of nitrogens with zero attached hydrogens (tertiary/aromatic N) is 2. The molecule has 12 aromatic rings. The fraction of sp³-hybridized carbons (Fsp3) is 0.0400. The van der Waals surface area contributed by atoms with Gasteiger partial charge in [-0.3, -0.25) is 0 Å². The van der Waals surface area contributed by atoms with Gasteiger partial charge in [0.2, 0.25) is 0 Å². The van der Waals surface area contributed by atoms with Crippen LogP contribution < -0.4 is 0 Å². The quantitative estimate of drug-likeness (QED) is 0.175. The molecule has 4 aromatic heterocycles. The predicted molar refractivity (Wildman–Crippen MR) is 231 cm³/mol. The number of benzene rings is 8. The van der Waals surface area contributed by atoms with Crippen LogP contribution in [0.5, 0.6) is 0 Å². The van der Waals surface area contributed by atoms with Gasteiger partial charge in [0, 0.05) is 63.9 Å². The molecule has 0 aliphatic rings. The first-order chi connectivity index (χ1) is 26.6. The minimum Gasteiger partial charge on any atom is -0.456 e. The molecule has 12 rings (SSSR count). The van der Waals surface area contributed by atoms with E-state index in [1.807, 2.05) is 23.5 Å². The second-order valence-electron chi connectivity index (χ2n) is 14.3. The zero-order valence-electron chi connectivity index (χ0n) is 29.9. The van der Waals surface area contributed by atoms with Crippen LogP contribution >= 0.6 is 11.3 Å². The van der Waals surface area contributed by atoms with E-state index in [2.05, 4.69) is 181 Å². The molecule has 3 nitrogen and oxygen atoms in total. The van der Waals surface area contributed by atoms with Gasteiger partial charge in [-0.25, -0.2) is 0 Å². The van der Waals surface area contributed by atoms with Crippen molar-refractivity contribution in [2.24, 2.45) is 0 Å². The van der Waals surface area contributed by atoms with Crippen LogP contribution in [0.2, 0.25) is 0 Å². The number of hydrogen-bond donors (Lipinski definition) is 0. The van der Waals surface area contributed by atoms with Crippen LogP contribution in [-0.4, -0.2) is 9.13 Å². The normalized spacial score (nSPS) is 11.9. The lowest BCUT2D eigenvalue weighted by Crippen LogP contribution is -1.93. The molecule has 0 atom stereocenters. The summed E-state index contributed by atoms with van der Waals surface area (Å²) in [5.41, 5.74) is 11.8. The molecule has 0 unspecified atom stereocenters. The maximum atomic E-state index is 6.01. The molecule has 4 heterocycles. The SMILES string of the molecule is Cc1ccc2c(c1)c1ccccc1n2-c1ccc2oc3ccccc3c2c1.Cc1ccc2c(c1)c1ccccc1n2-c1ccc2sc3ccccc3c2c1. The minimum absolute atomic E-state index is 0.927. The first-order valence-corrected chi connectivity index (χ1v) is 19.2. The van der Waals surface area contributed by atoms with E-state index in [0.29, 0.717) is 0 Å². The topological polar surface area (TPSA) is 23.0 Å². The lowest BCUT2D eigenvalue weighted by Gasteiger charge is -2.08. The lowest BCUT2D eigenvalue weighted by molar-refractivity contribution is 0.669. The Morgan fingerprint density at radius 2 is 0.833 bits per heavy atom. The molecular formula is C50H34N2OS. The van der Waals surface area contributed by atoms with Crippen molar-refractivity contribution >= 4 is 97.1 Å². The first kappa shape index (κ1) is 31.0. The minimum atomic E-state index is 0.927. The van der Waals surface area contributed by atoms with E-state index in [9.17, 15) is 0 Å². The van der Waals surface area contributed by atoms with Crippen molar-refractivity contribution in [1.29, 1.82) is 0 Å². The molecule has 0 fully saturated rings. The van der Waals surface area contributed by atoms with E-state index in [-0.39, 0.29) is 0 Å². The maximum Gasteiger partial charge on any atom is 0.135 e. The second kappa shape index (κ2) is 12.0. The molecule has 4 heteroatoms. The van der Waals surface area contributed by atoms with Gasteiger partial charge < -0.3 is 13.6 Å². The van der Waals surface area contributed by atoms with Crippen LogP contribution in [0, 0.1) is 13.8 Å². The van der Waals surface area contributed by atoms with Gasteiger partial charge in [-0.05, 0) is 98.8 Å². The summed E-state index contributed by atoms with van der Waals surface area (Å²) < 4.78 is 13.5. The lowest BCUT2D eigenvalue weighted by atomic mass is 10.1. The molecule has 0 radical (unpaired) electrons. The Bertz CT molecular complexity index is 3200. The zero-order chi connectivity index (χ0) is 35.9. The van der Waals surface area contributed by atoms with Crippen molar-refractivity contribution in [3.8, 4) is 11.4 Å². The van der Waals surface area contributed by atoms with Crippen LogP contribution in [0.4, 0.5) is 0 Å². The molecule has 54 heavy (non-hydrogen) atoms. The van der Waals surface area contributed by atoms with Gasteiger partial charge in [0.05, 0.1) is 22.1 Å². The summed E-state index contributed by atoms with van der Waals surface area (Å²) in [6.07, 6.45) is 0. The third kappa shape index (κ3) is 4.74. The van der Waals surface area contributed by atoms with E-state index in [1.54, 1.807) is 0 Å². The standard InChI is InChI=1S/C25H17NO.C25H17NS/c2*1-16-10-12-23-20(14-16)18-6-2-4-8-22(18)26(23)17-11-13-25-21(15-17)19-7-3-5-9-24(19)27-25/h2*2-15H,1H3. The average Bonchev–Trinajstić information content (AvgIpc) is 3.95. The van der Waals surface area contributed by atoms with Crippen LogP contribution in [0.15, 0.2) is 174 Å². The summed E-state index contributed by atoms with van der Waals surface area (Å²) in [5.74, 6) is 0. The van der Waals surface area contributed by atoms with Crippen LogP contribution in [-0.2, 0) is 0 Å². The van der Waals surface area contributed by atoms with Crippen LogP contribution in [0.1, 0.15) is 11.1 Å². The number of para-hydroxylation sites is 3. The Balaban J connectivity index is 0.000000126. The molecule has 0 aliphatic carbocycles. The van der Waals surface area contributed by atoms with Gasteiger partial charge in [0.15, 0.2) is 0 Å². The third-order valence-corrected chi connectivity index (χ3v) is 12.0. The molecule has 0 spiro atoms. The number of hydrogen-bond acceptors (Lipinski definition) is 2. The van der Waals surface area contributed by atoms with Gasteiger partial charge in [-0.15, -0.1) is 11.3 Å². The van der Waals surface area contributed by atoms with E-state index in [4.69, 9.17) is 4.42 Å². The first-order valence-electron chi connectivity index (χ1n) is 18.4. The highest BCUT2D eigenvalue weighted by Gasteiger charge is 2.16. The Labute approximate surface area is 315 Å². The molecule has 256 valence electrons. The molecule has 8 aromatic carbocycles. The number of aromatic nitrogens is 2. The summed E-state index contributed by atoms with van der Waals surface area (Å²) in [5, 5.41) is 10.2. The molecule has 0 amide bonds. The van der Waals surface area contributed by atoms with Crippen LogP contribution in [0.25, 0.3) is 97.1 Å². The van der Waals surface area contributed by atoms with E-state index >= 15 is 0 Å². The zero-order valence-corrected chi connectivity index (χ0v) is 30.7. The highest BCUT2D eigenvalue weighted by atomic mass is 32.1. The van der Waals surface area contributed by atoms with Gasteiger partial charge >= 0.3 is 0 Å². The average molecular weight is 711 g/mol. The molecular weight excluding hydrogens is 677 g/mol. The number of aryl methyl sites for hydroxylation is 2. The maximum absolute atomic E-state index is 6.01.